The number of benzene rings is 2. The third kappa shape index (κ3) is 4.18. The van der Waals surface area contributed by atoms with Gasteiger partial charge in [-0.2, -0.15) is 5.10 Å². The lowest BCUT2D eigenvalue weighted by atomic mass is 10.1. The highest BCUT2D eigenvalue weighted by Crippen LogP contribution is 2.22. The summed E-state index contributed by atoms with van der Waals surface area (Å²) in [5.74, 6) is 0.619. The molecule has 2 aromatic heterocycles. The molecule has 0 unspecified atom stereocenters. The third-order valence-electron chi connectivity index (χ3n) is 4.96. The van der Waals surface area contributed by atoms with Crippen molar-refractivity contribution in [3.63, 3.8) is 0 Å². The number of furan rings is 1. The molecule has 0 aliphatic carbocycles. The van der Waals surface area contributed by atoms with E-state index in [1.807, 2.05) is 97.9 Å². The average Bonchev–Trinajstić information content (AvgIpc) is 3.45. The lowest BCUT2D eigenvalue weighted by Gasteiger charge is -2.22. The van der Waals surface area contributed by atoms with Crippen molar-refractivity contribution >= 4 is 5.91 Å². The first-order chi connectivity index (χ1) is 14.6. The first-order valence-electron chi connectivity index (χ1n) is 9.82. The molecule has 6 heteroatoms. The SMILES string of the molecule is CN(C)[C@@H](CNC(=O)c1cc(-c2ccccc2)nn1-c1ccccc1)c1ccco1. The van der Waals surface area contributed by atoms with Gasteiger partial charge in [-0.05, 0) is 44.4 Å². The number of likely N-dealkylation sites (N-methyl/N-ethyl adjacent to an activating group) is 1. The Hall–Kier alpha value is -3.64. The second-order valence-corrected chi connectivity index (χ2v) is 7.23. The Morgan fingerprint density at radius 2 is 1.73 bits per heavy atom. The zero-order chi connectivity index (χ0) is 20.9. The zero-order valence-corrected chi connectivity index (χ0v) is 17.0. The number of carbonyl (C=O) groups is 1. The van der Waals surface area contributed by atoms with Crippen LogP contribution in [-0.2, 0) is 0 Å². The molecule has 1 amide bonds. The standard InChI is InChI=1S/C24H24N4O2/c1-27(2)22(23-14-9-15-30-23)17-25-24(29)21-16-20(18-10-5-3-6-11-18)26-28(21)19-12-7-4-8-13-19/h3-16,22H,17H2,1-2H3,(H,25,29)/t22-/m0/s1. The van der Waals surface area contributed by atoms with Crippen molar-refractivity contribution in [2.24, 2.45) is 0 Å². The molecule has 2 aromatic carbocycles. The first-order valence-corrected chi connectivity index (χ1v) is 9.82. The molecule has 4 rings (SSSR count). The fourth-order valence-electron chi connectivity index (χ4n) is 3.36. The summed E-state index contributed by atoms with van der Waals surface area (Å²) in [6.45, 7) is 0.417. The molecule has 152 valence electrons. The van der Waals surface area contributed by atoms with E-state index in [-0.39, 0.29) is 11.9 Å². The van der Waals surface area contributed by atoms with Crippen LogP contribution in [0.2, 0.25) is 0 Å². The second kappa shape index (κ2) is 8.80. The van der Waals surface area contributed by atoms with Crippen LogP contribution in [0.5, 0.6) is 0 Å². The molecule has 0 bridgehead atoms. The van der Waals surface area contributed by atoms with E-state index in [1.54, 1.807) is 10.9 Å². The maximum absolute atomic E-state index is 13.2. The number of hydrogen-bond donors (Lipinski definition) is 1. The molecule has 30 heavy (non-hydrogen) atoms. The Morgan fingerprint density at radius 1 is 1.03 bits per heavy atom. The Balaban J connectivity index is 1.63. The van der Waals surface area contributed by atoms with Crippen molar-refractivity contribution in [3.05, 3.63) is 96.6 Å². The number of rotatable bonds is 7. The topological polar surface area (TPSA) is 63.3 Å². The van der Waals surface area contributed by atoms with E-state index < -0.39 is 0 Å². The minimum absolute atomic E-state index is 0.0642. The molecule has 2 heterocycles. The summed E-state index contributed by atoms with van der Waals surface area (Å²) in [5.41, 5.74) is 3.03. The maximum atomic E-state index is 13.2. The average molecular weight is 400 g/mol. The molecular weight excluding hydrogens is 376 g/mol. The third-order valence-corrected chi connectivity index (χ3v) is 4.96. The molecule has 1 N–H and O–H groups in total. The summed E-state index contributed by atoms with van der Waals surface area (Å²) in [6, 6.07) is 25.0. The summed E-state index contributed by atoms with van der Waals surface area (Å²) in [6.07, 6.45) is 1.64. The smallest absolute Gasteiger partial charge is 0.270 e. The van der Waals surface area contributed by atoms with Gasteiger partial charge in [-0.25, -0.2) is 4.68 Å². The molecule has 4 aromatic rings. The van der Waals surface area contributed by atoms with Gasteiger partial charge in [-0.3, -0.25) is 9.69 Å². The fourth-order valence-corrected chi connectivity index (χ4v) is 3.36. The van der Waals surface area contributed by atoms with Crippen molar-refractivity contribution < 1.29 is 9.21 Å². The number of nitrogens with zero attached hydrogens (tertiary/aromatic N) is 3. The monoisotopic (exact) mass is 400 g/mol. The molecule has 0 saturated carbocycles. The highest BCUT2D eigenvalue weighted by Gasteiger charge is 2.21. The highest BCUT2D eigenvalue weighted by molar-refractivity contribution is 5.94. The predicted molar refractivity (Wildman–Crippen MR) is 116 cm³/mol. The van der Waals surface area contributed by atoms with Gasteiger partial charge >= 0.3 is 0 Å². The van der Waals surface area contributed by atoms with E-state index in [0.29, 0.717) is 12.2 Å². The van der Waals surface area contributed by atoms with Crippen LogP contribution in [0.4, 0.5) is 0 Å². The minimum atomic E-state index is -0.188. The van der Waals surface area contributed by atoms with Gasteiger partial charge in [0.2, 0.25) is 0 Å². The molecule has 0 aliphatic rings. The van der Waals surface area contributed by atoms with Gasteiger partial charge in [0.1, 0.15) is 11.5 Å². The van der Waals surface area contributed by atoms with E-state index in [0.717, 1.165) is 22.7 Å². The zero-order valence-electron chi connectivity index (χ0n) is 17.0. The van der Waals surface area contributed by atoms with Crippen LogP contribution in [0.15, 0.2) is 89.5 Å². The number of para-hydroxylation sites is 1. The number of carbonyl (C=O) groups excluding carboxylic acids is 1. The number of amides is 1. The largest absolute Gasteiger partial charge is 0.468 e. The quantitative estimate of drug-likeness (QED) is 0.506. The Bertz CT molecular complexity index is 1090. The number of aromatic nitrogens is 2. The van der Waals surface area contributed by atoms with Crippen LogP contribution in [0, 0.1) is 0 Å². The fraction of sp³-hybridized carbons (Fsp3) is 0.167. The number of nitrogens with one attached hydrogen (secondary N) is 1. The summed E-state index contributed by atoms with van der Waals surface area (Å²) < 4.78 is 7.23. The summed E-state index contributed by atoms with van der Waals surface area (Å²) in [4.78, 5) is 15.2. The van der Waals surface area contributed by atoms with Crippen LogP contribution in [0.3, 0.4) is 0 Å². The van der Waals surface area contributed by atoms with Crippen molar-refractivity contribution in [3.8, 4) is 16.9 Å². The van der Waals surface area contributed by atoms with Crippen molar-refractivity contribution in [2.45, 2.75) is 6.04 Å². The van der Waals surface area contributed by atoms with E-state index in [1.165, 1.54) is 0 Å². The van der Waals surface area contributed by atoms with E-state index in [2.05, 4.69) is 5.32 Å². The minimum Gasteiger partial charge on any atom is -0.468 e. The van der Waals surface area contributed by atoms with Crippen molar-refractivity contribution in [2.75, 3.05) is 20.6 Å². The molecule has 0 aliphatic heterocycles. The Kier molecular flexibility index (Phi) is 5.77. The van der Waals surface area contributed by atoms with Gasteiger partial charge in [0.05, 0.1) is 23.7 Å². The van der Waals surface area contributed by atoms with E-state index in [9.17, 15) is 4.79 Å². The van der Waals surface area contributed by atoms with Crippen LogP contribution in [-0.4, -0.2) is 41.2 Å². The van der Waals surface area contributed by atoms with Gasteiger partial charge in [-0.1, -0.05) is 48.5 Å². The molecule has 0 saturated heterocycles. The molecule has 0 spiro atoms. The van der Waals surface area contributed by atoms with Crippen LogP contribution < -0.4 is 5.32 Å². The predicted octanol–water partition coefficient (Wildman–Crippen LogP) is 4.17. The van der Waals surface area contributed by atoms with Gasteiger partial charge in [0.25, 0.3) is 5.91 Å². The Morgan fingerprint density at radius 3 is 2.37 bits per heavy atom. The Labute approximate surface area is 175 Å². The van der Waals surface area contributed by atoms with Gasteiger partial charge in [0.15, 0.2) is 0 Å². The summed E-state index contributed by atoms with van der Waals surface area (Å²) in [7, 11) is 3.92. The lowest BCUT2D eigenvalue weighted by molar-refractivity contribution is 0.0931. The second-order valence-electron chi connectivity index (χ2n) is 7.23. The van der Waals surface area contributed by atoms with Crippen LogP contribution in [0.25, 0.3) is 16.9 Å². The maximum Gasteiger partial charge on any atom is 0.270 e. The number of hydrogen-bond acceptors (Lipinski definition) is 4. The van der Waals surface area contributed by atoms with Crippen LogP contribution >= 0.6 is 0 Å². The summed E-state index contributed by atoms with van der Waals surface area (Å²) in [5, 5.41) is 7.75. The molecule has 0 fully saturated rings. The normalized spacial score (nSPS) is 12.1. The van der Waals surface area contributed by atoms with E-state index >= 15 is 0 Å². The van der Waals surface area contributed by atoms with Gasteiger partial charge < -0.3 is 9.73 Å². The van der Waals surface area contributed by atoms with Gasteiger partial charge in [0, 0.05) is 12.1 Å². The first kappa shape index (κ1) is 19.7. The highest BCUT2D eigenvalue weighted by atomic mass is 16.3. The molecule has 1 atom stereocenters. The molecular formula is C24H24N4O2. The summed E-state index contributed by atoms with van der Waals surface area (Å²) >= 11 is 0. The van der Waals surface area contributed by atoms with Crippen molar-refractivity contribution in [1.82, 2.24) is 20.0 Å². The van der Waals surface area contributed by atoms with E-state index in [4.69, 9.17) is 9.52 Å². The molecule has 0 radical (unpaired) electrons. The van der Waals surface area contributed by atoms with Crippen molar-refractivity contribution in [1.29, 1.82) is 0 Å². The molecule has 6 nitrogen and oxygen atoms in total. The van der Waals surface area contributed by atoms with Gasteiger partial charge in [-0.15, -0.1) is 0 Å². The van der Waals surface area contributed by atoms with Crippen LogP contribution in [0.1, 0.15) is 22.3 Å². The lowest BCUT2D eigenvalue weighted by Crippen LogP contribution is -2.35.